The Hall–Kier alpha value is -2.90. The van der Waals surface area contributed by atoms with E-state index in [-0.39, 0.29) is 0 Å². The van der Waals surface area contributed by atoms with Crippen LogP contribution in [-0.2, 0) is 11.3 Å². The Kier molecular flexibility index (Phi) is 6.36. The zero-order chi connectivity index (χ0) is 21.8. The fraction of sp³-hybridized carbons (Fsp3) is 0.440. The highest BCUT2D eigenvalue weighted by atomic mass is 16.5. The predicted molar refractivity (Wildman–Crippen MR) is 127 cm³/mol. The first-order valence-corrected chi connectivity index (χ1v) is 11.6. The standard InChI is InChI=1S/C25H30N6O/c1-18-21(29-23-7-3-2-6-22(23)27-18)8-9-24-28-20(17-26-19-10-14-32-15-11-19)16-25(30-24)31-12-4-5-13-31/h2-3,6-9,16,19,26H,4-5,10-15,17H2,1H3. The molecule has 166 valence electrons. The molecule has 7 nitrogen and oxygen atoms in total. The average Bonchev–Trinajstić information content (AvgIpc) is 3.37. The topological polar surface area (TPSA) is 76.1 Å². The molecule has 0 saturated carbocycles. The van der Waals surface area contributed by atoms with E-state index in [9.17, 15) is 0 Å². The number of ether oxygens (including phenoxy) is 1. The van der Waals surface area contributed by atoms with Crippen LogP contribution in [0, 0.1) is 6.92 Å². The molecule has 32 heavy (non-hydrogen) atoms. The van der Waals surface area contributed by atoms with Gasteiger partial charge in [-0.3, -0.25) is 0 Å². The summed E-state index contributed by atoms with van der Waals surface area (Å²) in [4.78, 5) is 21.5. The Morgan fingerprint density at radius 3 is 2.53 bits per heavy atom. The molecule has 0 radical (unpaired) electrons. The molecule has 2 aliphatic rings. The number of nitrogens with one attached hydrogen (secondary N) is 1. The molecular weight excluding hydrogens is 400 g/mol. The van der Waals surface area contributed by atoms with Gasteiger partial charge in [-0.2, -0.15) is 0 Å². The van der Waals surface area contributed by atoms with Crippen molar-refractivity contribution in [2.45, 2.75) is 45.2 Å². The SMILES string of the molecule is Cc1nc2ccccc2nc1C=Cc1nc(CNC2CCOCC2)cc(N2CCCC2)n1. The molecule has 1 N–H and O–H groups in total. The molecule has 2 aromatic heterocycles. The van der Waals surface area contributed by atoms with Gasteiger partial charge in [-0.1, -0.05) is 12.1 Å². The highest BCUT2D eigenvalue weighted by Crippen LogP contribution is 2.20. The van der Waals surface area contributed by atoms with Crippen LogP contribution >= 0.6 is 0 Å². The van der Waals surface area contributed by atoms with Crippen molar-refractivity contribution in [3.63, 3.8) is 0 Å². The first kappa shape index (κ1) is 21.0. The number of aryl methyl sites for hydroxylation is 1. The molecule has 4 heterocycles. The molecule has 0 spiro atoms. The van der Waals surface area contributed by atoms with Crippen LogP contribution in [0.5, 0.6) is 0 Å². The van der Waals surface area contributed by atoms with E-state index in [1.165, 1.54) is 12.8 Å². The molecule has 2 fully saturated rings. The van der Waals surface area contributed by atoms with Crippen molar-refractivity contribution in [3.05, 3.63) is 53.2 Å². The summed E-state index contributed by atoms with van der Waals surface area (Å²) in [7, 11) is 0. The molecule has 0 atom stereocenters. The molecule has 0 bridgehead atoms. The smallest absolute Gasteiger partial charge is 0.154 e. The molecule has 2 aliphatic heterocycles. The van der Waals surface area contributed by atoms with Gasteiger partial charge in [-0.15, -0.1) is 0 Å². The van der Waals surface area contributed by atoms with Crippen LogP contribution in [0.2, 0.25) is 0 Å². The summed E-state index contributed by atoms with van der Waals surface area (Å²) in [6.45, 7) is 6.51. The molecule has 2 saturated heterocycles. The third kappa shape index (κ3) is 4.95. The van der Waals surface area contributed by atoms with E-state index in [0.717, 1.165) is 79.6 Å². The van der Waals surface area contributed by atoms with E-state index in [2.05, 4.69) is 21.3 Å². The second kappa shape index (κ2) is 9.71. The van der Waals surface area contributed by atoms with E-state index >= 15 is 0 Å². The van der Waals surface area contributed by atoms with Crippen LogP contribution in [0.15, 0.2) is 30.3 Å². The predicted octanol–water partition coefficient (Wildman–Crippen LogP) is 3.77. The lowest BCUT2D eigenvalue weighted by atomic mass is 10.1. The lowest BCUT2D eigenvalue weighted by molar-refractivity contribution is 0.0775. The van der Waals surface area contributed by atoms with Gasteiger partial charge in [0, 0.05) is 45.0 Å². The summed E-state index contributed by atoms with van der Waals surface area (Å²) in [5, 5.41) is 3.65. The Bertz CT molecular complexity index is 1100. The van der Waals surface area contributed by atoms with E-state index < -0.39 is 0 Å². The highest BCUT2D eigenvalue weighted by molar-refractivity contribution is 5.77. The second-order valence-corrected chi connectivity index (χ2v) is 8.55. The van der Waals surface area contributed by atoms with Gasteiger partial charge in [0.2, 0.25) is 0 Å². The number of nitrogens with zero attached hydrogens (tertiary/aromatic N) is 5. The normalized spacial score (nSPS) is 17.6. The number of benzene rings is 1. The van der Waals surface area contributed by atoms with Crippen LogP contribution in [0.3, 0.4) is 0 Å². The molecule has 0 aliphatic carbocycles. The highest BCUT2D eigenvalue weighted by Gasteiger charge is 2.17. The maximum Gasteiger partial charge on any atom is 0.154 e. The Morgan fingerprint density at radius 1 is 1.00 bits per heavy atom. The summed E-state index contributed by atoms with van der Waals surface area (Å²) in [5.41, 5.74) is 4.58. The average molecular weight is 431 g/mol. The Labute approximate surface area is 189 Å². The van der Waals surface area contributed by atoms with Crippen molar-refractivity contribution in [2.24, 2.45) is 0 Å². The van der Waals surface area contributed by atoms with Crippen LogP contribution in [0.25, 0.3) is 23.2 Å². The van der Waals surface area contributed by atoms with Crippen molar-refractivity contribution >= 4 is 29.0 Å². The maximum absolute atomic E-state index is 5.48. The summed E-state index contributed by atoms with van der Waals surface area (Å²) < 4.78 is 5.48. The van der Waals surface area contributed by atoms with E-state index in [4.69, 9.17) is 19.7 Å². The zero-order valence-corrected chi connectivity index (χ0v) is 18.6. The summed E-state index contributed by atoms with van der Waals surface area (Å²) in [5.74, 6) is 1.73. The van der Waals surface area contributed by atoms with Gasteiger partial charge in [-0.25, -0.2) is 19.9 Å². The molecule has 0 amide bonds. The van der Waals surface area contributed by atoms with Gasteiger partial charge < -0.3 is 15.0 Å². The minimum Gasteiger partial charge on any atom is -0.381 e. The molecule has 7 heteroatoms. The van der Waals surface area contributed by atoms with E-state index in [0.29, 0.717) is 11.9 Å². The van der Waals surface area contributed by atoms with Gasteiger partial charge in [-0.05, 0) is 56.9 Å². The monoisotopic (exact) mass is 430 g/mol. The number of hydrogen-bond donors (Lipinski definition) is 1. The first-order chi connectivity index (χ1) is 15.7. The molecule has 1 aromatic carbocycles. The van der Waals surface area contributed by atoms with Crippen LogP contribution in [0.1, 0.15) is 48.6 Å². The van der Waals surface area contributed by atoms with Crippen LogP contribution < -0.4 is 10.2 Å². The number of fused-ring (bicyclic) bond motifs is 1. The van der Waals surface area contributed by atoms with E-state index in [1.54, 1.807) is 0 Å². The molecule has 5 rings (SSSR count). The third-order valence-electron chi connectivity index (χ3n) is 6.18. The van der Waals surface area contributed by atoms with Crippen molar-refractivity contribution in [2.75, 3.05) is 31.2 Å². The fourth-order valence-electron chi connectivity index (χ4n) is 4.34. The van der Waals surface area contributed by atoms with Gasteiger partial charge >= 0.3 is 0 Å². The van der Waals surface area contributed by atoms with Gasteiger partial charge in [0.25, 0.3) is 0 Å². The maximum atomic E-state index is 5.48. The summed E-state index contributed by atoms with van der Waals surface area (Å²) >= 11 is 0. The lowest BCUT2D eigenvalue weighted by Gasteiger charge is -2.23. The van der Waals surface area contributed by atoms with Crippen molar-refractivity contribution in [1.82, 2.24) is 25.3 Å². The largest absolute Gasteiger partial charge is 0.381 e. The van der Waals surface area contributed by atoms with Crippen molar-refractivity contribution in [3.8, 4) is 0 Å². The molecule has 0 unspecified atom stereocenters. The number of anilines is 1. The molecule has 3 aromatic rings. The number of hydrogen-bond acceptors (Lipinski definition) is 7. The summed E-state index contributed by atoms with van der Waals surface area (Å²) in [6.07, 6.45) is 8.48. The van der Waals surface area contributed by atoms with Crippen LogP contribution in [-0.4, -0.2) is 52.3 Å². The minimum atomic E-state index is 0.489. The van der Waals surface area contributed by atoms with Crippen LogP contribution in [0.4, 0.5) is 5.82 Å². The van der Waals surface area contributed by atoms with Crippen molar-refractivity contribution in [1.29, 1.82) is 0 Å². The molecular formula is C25H30N6O. The van der Waals surface area contributed by atoms with Gasteiger partial charge in [0.05, 0.1) is 28.1 Å². The quantitative estimate of drug-likeness (QED) is 0.638. The lowest BCUT2D eigenvalue weighted by Crippen LogP contribution is -2.34. The first-order valence-electron chi connectivity index (χ1n) is 11.6. The van der Waals surface area contributed by atoms with Crippen molar-refractivity contribution < 1.29 is 4.74 Å². The van der Waals surface area contributed by atoms with E-state index in [1.807, 2.05) is 43.3 Å². The number of para-hydroxylation sites is 2. The Balaban J connectivity index is 1.40. The fourth-order valence-corrected chi connectivity index (χ4v) is 4.34. The number of aromatic nitrogens is 4. The van der Waals surface area contributed by atoms with Gasteiger partial charge in [0.1, 0.15) is 5.82 Å². The third-order valence-corrected chi connectivity index (χ3v) is 6.18. The minimum absolute atomic E-state index is 0.489. The zero-order valence-electron chi connectivity index (χ0n) is 18.6. The Morgan fingerprint density at radius 2 is 1.75 bits per heavy atom. The van der Waals surface area contributed by atoms with Gasteiger partial charge in [0.15, 0.2) is 5.82 Å². The summed E-state index contributed by atoms with van der Waals surface area (Å²) in [6, 6.07) is 10.6. The number of rotatable bonds is 6. The second-order valence-electron chi connectivity index (χ2n) is 8.55.